The number of carbonyl (C=O) groups excluding carboxylic acids is 1. The fraction of sp³-hybridized carbons (Fsp3) is 0.185. The molecule has 0 aliphatic carbocycles. The zero-order chi connectivity index (χ0) is 22.7. The molecule has 1 aromatic heterocycles. The van der Waals surface area contributed by atoms with Crippen LogP contribution in [0.15, 0.2) is 82.0 Å². The molecule has 0 aliphatic rings. The SMILES string of the molecule is CCC(Oc1c(-c2ccc(C)cc2)oc2ccccc2c1=O)C(=O)Nc1ccccc1C. The lowest BCUT2D eigenvalue weighted by atomic mass is 10.1. The van der Waals surface area contributed by atoms with Gasteiger partial charge in [-0.2, -0.15) is 0 Å². The van der Waals surface area contributed by atoms with Crippen LogP contribution in [-0.4, -0.2) is 12.0 Å². The van der Waals surface area contributed by atoms with E-state index >= 15 is 0 Å². The summed E-state index contributed by atoms with van der Waals surface area (Å²) in [7, 11) is 0. The van der Waals surface area contributed by atoms with Crippen molar-refractivity contribution in [2.45, 2.75) is 33.3 Å². The van der Waals surface area contributed by atoms with Gasteiger partial charge in [0.1, 0.15) is 5.58 Å². The molecule has 0 fully saturated rings. The molecule has 5 nitrogen and oxygen atoms in total. The number of amides is 1. The molecule has 32 heavy (non-hydrogen) atoms. The van der Waals surface area contributed by atoms with E-state index in [2.05, 4.69) is 5.32 Å². The van der Waals surface area contributed by atoms with Crippen molar-refractivity contribution in [3.8, 4) is 17.1 Å². The molecule has 1 amide bonds. The first-order valence-electron chi connectivity index (χ1n) is 10.6. The number of aryl methyl sites for hydroxylation is 2. The molecule has 0 saturated carbocycles. The average Bonchev–Trinajstić information content (AvgIpc) is 2.80. The van der Waals surface area contributed by atoms with Crippen LogP contribution in [0.25, 0.3) is 22.3 Å². The van der Waals surface area contributed by atoms with E-state index in [1.54, 1.807) is 18.2 Å². The first-order chi connectivity index (χ1) is 15.5. The van der Waals surface area contributed by atoms with Gasteiger partial charge in [-0.3, -0.25) is 9.59 Å². The van der Waals surface area contributed by atoms with Crippen molar-refractivity contribution in [1.29, 1.82) is 0 Å². The van der Waals surface area contributed by atoms with Gasteiger partial charge in [0.2, 0.25) is 11.2 Å². The molecular formula is C27H25NO4. The third-order valence-corrected chi connectivity index (χ3v) is 5.40. The van der Waals surface area contributed by atoms with E-state index in [1.807, 2.05) is 75.4 Å². The van der Waals surface area contributed by atoms with Crippen molar-refractivity contribution in [3.05, 3.63) is 94.1 Å². The van der Waals surface area contributed by atoms with Crippen molar-refractivity contribution < 1.29 is 13.9 Å². The quantitative estimate of drug-likeness (QED) is 0.418. The number of rotatable bonds is 6. The number of benzene rings is 3. The molecule has 1 unspecified atom stereocenters. The molecule has 0 spiro atoms. The Bertz CT molecular complexity index is 1320. The van der Waals surface area contributed by atoms with Gasteiger partial charge in [-0.25, -0.2) is 0 Å². The highest BCUT2D eigenvalue weighted by atomic mass is 16.5. The Labute approximate surface area is 186 Å². The van der Waals surface area contributed by atoms with Crippen LogP contribution in [0, 0.1) is 13.8 Å². The Hall–Kier alpha value is -3.86. The van der Waals surface area contributed by atoms with E-state index in [-0.39, 0.29) is 17.1 Å². The van der Waals surface area contributed by atoms with Gasteiger partial charge in [0.15, 0.2) is 11.9 Å². The van der Waals surface area contributed by atoms with Crippen molar-refractivity contribution in [2.75, 3.05) is 5.32 Å². The predicted molar refractivity (Wildman–Crippen MR) is 127 cm³/mol. The van der Waals surface area contributed by atoms with Gasteiger partial charge in [0.05, 0.1) is 5.39 Å². The molecule has 4 rings (SSSR count). The number of hydrogen-bond donors (Lipinski definition) is 1. The summed E-state index contributed by atoms with van der Waals surface area (Å²) in [6.07, 6.45) is -0.472. The lowest BCUT2D eigenvalue weighted by molar-refractivity contribution is -0.122. The maximum atomic E-state index is 13.4. The summed E-state index contributed by atoms with van der Waals surface area (Å²) >= 11 is 0. The molecule has 162 valence electrons. The van der Waals surface area contributed by atoms with Gasteiger partial charge in [-0.1, -0.05) is 67.1 Å². The van der Waals surface area contributed by atoms with E-state index in [0.717, 1.165) is 11.1 Å². The summed E-state index contributed by atoms with van der Waals surface area (Å²) in [4.78, 5) is 26.4. The Kier molecular flexibility index (Phi) is 6.08. The van der Waals surface area contributed by atoms with Gasteiger partial charge in [0, 0.05) is 11.3 Å². The van der Waals surface area contributed by atoms with Crippen LogP contribution in [0.1, 0.15) is 24.5 Å². The van der Waals surface area contributed by atoms with Crippen molar-refractivity contribution in [1.82, 2.24) is 0 Å². The zero-order valence-electron chi connectivity index (χ0n) is 18.3. The highest BCUT2D eigenvalue weighted by Gasteiger charge is 2.25. The number of carbonyl (C=O) groups is 1. The number of anilines is 1. The van der Waals surface area contributed by atoms with E-state index in [0.29, 0.717) is 34.4 Å². The van der Waals surface area contributed by atoms with Crippen molar-refractivity contribution >= 4 is 22.6 Å². The number of para-hydroxylation sites is 2. The van der Waals surface area contributed by atoms with Crippen LogP contribution in [0.2, 0.25) is 0 Å². The molecule has 4 aromatic rings. The van der Waals surface area contributed by atoms with Gasteiger partial charge in [0.25, 0.3) is 5.91 Å². The molecular weight excluding hydrogens is 402 g/mol. The van der Waals surface area contributed by atoms with Crippen molar-refractivity contribution in [3.63, 3.8) is 0 Å². The topological polar surface area (TPSA) is 68.5 Å². The highest BCUT2D eigenvalue weighted by molar-refractivity contribution is 5.95. The molecule has 0 aliphatic heterocycles. The van der Waals surface area contributed by atoms with Gasteiger partial charge in [-0.15, -0.1) is 0 Å². The summed E-state index contributed by atoms with van der Waals surface area (Å²) in [5.74, 6) is 0.0411. The zero-order valence-corrected chi connectivity index (χ0v) is 18.3. The summed E-state index contributed by atoms with van der Waals surface area (Å²) in [5.41, 5.74) is 3.62. The summed E-state index contributed by atoms with van der Waals surface area (Å²) in [5, 5.41) is 3.32. The maximum absolute atomic E-state index is 13.4. The molecule has 0 bridgehead atoms. The fourth-order valence-electron chi connectivity index (χ4n) is 3.52. The number of nitrogens with one attached hydrogen (secondary N) is 1. The molecule has 5 heteroatoms. The van der Waals surface area contributed by atoms with Crippen LogP contribution in [-0.2, 0) is 4.79 Å². The normalized spacial score (nSPS) is 11.8. The third-order valence-electron chi connectivity index (χ3n) is 5.40. The van der Waals surface area contributed by atoms with Gasteiger partial charge in [-0.05, 0) is 44.0 Å². The highest BCUT2D eigenvalue weighted by Crippen LogP contribution is 2.32. The Balaban J connectivity index is 1.76. The predicted octanol–water partition coefficient (Wildman–Crippen LogP) is 5.87. The Morgan fingerprint density at radius 1 is 0.969 bits per heavy atom. The monoisotopic (exact) mass is 427 g/mol. The second-order valence-electron chi connectivity index (χ2n) is 7.77. The van der Waals surface area contributed by atoms with Crippen LogP contribution < -0.4 is 15.5 Å². The first-order valence-corrected chi connectivity index (χ1v) is 10.6. The van der Waals surface area contributed by atoms with Gasteiger partial charge >= 0.3 is 0 Å². The Morgan fingerprint density at radius 3 is 2.38 bits per heavy atom. The summed E-state index contributed by atoms with van der Waals surface area (Å²) in [6.45, 7) is 5.75. The number of hydrogen-bond acceptors (Lipinski definition) is 4. The second-order valence-corrected chi connectivity index (χ2v) is 7.77. The minimum atomic E-state index is -0.858. The number of ether oxygens (including phenoxy) is 1. The third kappa shape index (κ3) is 4.28. The molecule has 1 atom stereocenters. The Morgan fingerprint density at radius 2 is 1.66 bits per heavy atom. The van der Waals surface area contributed by atoms with Gasteiger partial charge < -0.3 is 14.5 Å². The molecule has 0 radical (unpaired) electrons. The standard InChI is InChI=1S/C27H25NO4/c1-4-22(27(30)28-21-11-7-5-9-18(21)3)31-26-24(29)20-10-6-8-12-23(20)32-25(26)19-15-13-17(2)14-16-19/h5-16,22H,4H2,1-3H3,(H,28,30). The van der Waals surface area contributed by atoms with Crippen LogP contribution in [0.4, 0.5) is 5.69 Å². The maximum Gasteiger partial charge on any atom is 0.265 e. The van der Waals surface area contributed by atoms with E-state index < -0.39 is 6.10 Å². The minimum Gasteiger partial charge on any atom is -0.473 e. The average molecular weight is 428 g/mol. The van der Waals surface area contributed by atoms with E-state index in [4.69, 9.17) is 9.15 Å². The fourth-order valence-corrected chi connectivity index (χ4v) is 3.52. The lowest BCUT2D eigenvalue weighted by Gasteiger charge is -2.19. The molecule has 3 aromatic carbocycles. The lowest BCUT2D eigenvalue weighted by Crippen LogP contribution is -2.34. The van der Waals surface area contributed by atoms with E-state index in [9.17, 15) is 9.59 Å². The molecule has 1 heterocycles. The van der Waals surface area contributed by atoms with Crippen LogP contribution >= 0.6 is 0 Å². The van der Waals surface area contributed by atoms with Crippen molar-refractivity contribution in [2.24, 2.45) is 0 Å². The number of fused-ring (bicyclic) bond motifs is 1. The second kappa shape index (κ2) is 9.10. The van der Waals surface area contributed by atoms with Crippen LogP contribution in [0.3, 0.4) is 0 Å². The summed E-state index contributed by atoms with van der Waals surface area (Å²) < 4.78 is 12.2. The van der Waals surface area contributed by atoms with Crippen LogP contribution in [0.5, 0.6) is 5.75 Å². The molecule has 1 N–H and O–H groups in total. The first kappa shape index (κ1) is 21.4. The smallest absolute Gasteiger partial charge is 0.265 e. The minimum absolute atomic E-state index is 0.0411. The summed E-state index contributed by atoms with van der Waals surface area (Å²) in [6, 6.07) is 22.2. The largest absolute Gasteiger partial charge is 0.473 e. The molecule has 0 saturated heterocycles. The van der Waals surface area contributed by atoms with E-state index in [1.165, 1.54) is 0 Å².